The van der Waals surface area contributed by atoms with Crippen molar-refractivity contribution in [1.82, 2.24) is 9.97 Å². The topological polar surface area (TPSA) is 76.1 Å². The third-order valence-corrected chi connectivity index (χ3v) is 4.24. The number of carbonyl (C=O) groups excluding carboxylic acids is 1. The van der Waals surface area contributed by atoms with Gasteiger partial charge in [-0.25, -0.2) is 9.97 Å². The van der Waals surface area contributed by atoms with E-state index in [1.165, 1.54) is 6.33 Å². The molecule has 1 amide bonds. The first-order chi connectivity index (χ1) is 13.6. The lowest BCUT2D eigenvalue weighted by Crippen LogP contribution is -2.13. The molecule has 0 atom stereocenters. The number of benzene rings is 2. The largest absolute Gasteiger partial charge is 0.494 e. The van der Waals surface area contributed by atoms with Crippen LogP contribution in [0.5, 0.6) is 5.75 Å². The number of aryl methyl sites for hydroxylation is 2. The zero-order chi connectivity index (χ0) is 19.9. The lowest BCUT2D eigenvalue weighted by atomic mass is 10.1. The fraction of sp³-hybridized carbons (Fsp3) is 0.227. The summed E-state index contributed by atoms with van der Waals surface area (Å²) >= 11 is 0. The Balaban J connectivity index is 1.78. The van der Waals surface area contributed by atoms with Gasteiger partial charge in [-0.3, -0.25) is 4.79 Å². The lowest BCUT2D eigenvalue weighted by Gasteiger charge is -2.13. The minimum Gasteiger partial charge on any atom is -0.494 e. The second-order valence-electron chi connectivity index (χ2n) is 6.31. The zero-order valence-corrected chi connectivity index (χ0v) is 16.3. The van der Waals surface area contributed by atoms with Crippen molar-refractivity contribution in [1.29, 1.82) is 0 Å². The van der Waals surface area contributed by atoms with Crippen molar-refractivity contribution in [2.75, 3.05) is 17.2 Å². The molecule has 3 rings (SSSR count). The molecule has 0 unspecified atom stereocenters. The summed E-state index contributed by atoms with van der Waals surface area (Å²) in [4.78, 5) is 21.0. The van der Waals surface area contributed by atoms with E-state index in [0.29, 0.717) is 18.0 Å². The van der Waals surface area contributed by atoms with Crippen LogP contribution < -0.4 is 15.4 Å². The van der Waals surface area contributed by atoms with E-state index in [0.717, 1.165) is 34.8 Å². The van der Waals surface area contributed by atoms with E-state index < -0.39 is 0 Å². The number of nitrogens with zero attached hydrogens (tertiary/aromatic N) is 2. The van der Waals surface area contributed by atoms with E-state index in [9.17, 15) is 4.79 Å². The van der Waals surface area contributed by atoms with Gasteiger partial charge in [0.2, 0.25) is 0 Å². The van der Waals surface area contributed by atoms with Gasteiger partial charge < -0.3 is 15.4 Å². The Morgan fingerprint density at radius 2 is 1.82 bits per heavy atom. The average molecular weight is 376 g/mol. The van der Waals surface area contributed by atoms with Crippen LogP contribution in [0.15, 0.2) is 54.9 Å². The molecule has 0 aliphatic carbocycles. The van der Waals surface area contributed by atoms with Crippen molar-refractivity contribution in [3.63, 3.8) is 0 Å². The number of carbonyl (C=O) groups is 1. The van der Waals surface area contributed by atoms with Gasteiger partial charge >= 0.3 is 0 Å². The van der Waals surface area contributed by atoms with E-state index in [2.05, 4.69) is 27.5 Å². The summed E-state index contributed by atoms with van der Waals surface area (Å²) in [5.41, 5.74) is 4.14. The summed E-state index contributed by atoms with van der Waals surface area (Å²) < 4.78 is 5.43. The monoisotopic (exact) mass is 376 g/mol. The van der Waals surface area contributed by atoms with Crippen LogP contribution in [-0.4, -0.2) is 22.5 Å². The number of aromatic nitrogens is 2. The molecule has 0 aliphatic heterocycles. The first kappa shape index (κ1) is 19.4. The number of hydrogen-bond acceptors (Lipinski definition) is 5. The smallest absolute Gasteiger partial charge is 0.255 e. The Hall–Kier alpha value is -3.41. The van der Waals surface area contributed by atoms with E-state index in [-0.39, 0.29) is 5.91 Å². The van der Waals surface area contributed by atoms with Crippen molar-refractivity contribution < 1.29 is 9.53 Å². The minimum atomic E-state index is -0.159. The molecule has 2 N–H and O–H groups in total. The molecular weight excluding hydrogens is 352 g/mol. The van der Waals surface area contributed by atoms with Gasteiger partial charge in [0, 0.05) is 28.7 Å². The molecule has 3 aromatic rings. The highest BCUT2D eigenvalue weighted by Crippen LogP contribution is 2.25. The maximum Gasteiger partial charge on any atom is 0.255 e. The zero-order valence-electron chi connectivity index (χ0n) is 16.3. The van der Waals surface area contributed by atoms with Gasteiger partial charge in [-0.1, -0.05) is 13.0 Å². The molecule has 0 saturated heterocycles. The van der Waals surface area contributed by atoms with E-state index in [4.69, 9.17) is 4.74 Å². The van der Waals surface area contributed by atoms with Gasteiger partial charge in [0.15, 0.2) is 0 Å². The summed E-state index contributed by atoms with van der Waals surface area (Å²) in [6.07, 6.45) is 2.33. The van der Waals surface area contributed by atoms with Crippen LogP contribution in [-0.2, 0) is 6.42 Å². The average Bonchev–Trinajstić information content (AvgIpc) is 2.69. The minimum absolute atomic E-state index is 0.159. The Labute approximate surface area is 165 Å². The predicted octanol–water partition coefficient (Wildman–Crippen LogP) is 4.74. The summed E-state index contributed by atoms with van der Waals surface area (Å²) in [7, 11) is 0. The van der Waals surface area contributed by atoms with Gasteiger partial charge in [-0.05, 0) is 62.2 Å². The molecule has 144 valence electrons. The number of rotatable bonds is 7. The second kappa shape index (κ2) is 8.99. The molecule has 2 aromatic carbocycles. The molecule has 0 radical (unpaired) electrons. The number of amides is 1. The van der Waals surface area contributed by atoms with Crippen LogP contribution in [0.1, 0.15) is 35.5 Å². The SMILES string of the molecule is CCOc1ccc(C(=O)Nc2cc(Nc3cc(C)ncn3)ccc2CC)cc1. The van der Waals surface area contributed by atoms with Crippen molar-refractivity contribution >= 4 is 23.1 Å². The van der Waals surface area contributed by atoms with Crippen LogP contribution >= 0.6 is 0 Å². The summed E-state index contributed by atoms with van der Waals surface area (Å²) in [5.74, 6) is 1.30. The Bertz CT molecular complexity index is 955. The molecule has 1 heterocycles. The summed E-state index contributed by atoms with van der Waals surface area (Å²) in [6, 6.07) is 14.9. The second-order valence-corrected chi connectivity index (χ2v) is 6.31. The fourth-order valence-electron chi connectivity index (χ4n) is 2.81. The van der Waals surface area contributed by atoms with Gasteiger partial charge in [0.1, 0.15) is 17.9 Å². The maximum absolute atomic E-state index is 12.7. The van der Waals surface area contributed by atoms with Crippen molar-refractivity contribution in [2.45, 2.75) is 27.2 Å². The van der Waals surface area contributed by atoms with Gasteiger partial charge in [0.25, 0.3) is 5.91 Å². The van der Waals surface area contributed by atoms with Gasteiger partial charge in [-0.2, -0.15) is 0 Å². The summed E-state index contributed by atoms with van der Waals surface area (Å²) in [5, 5.41) is 6.27. The standard InChI is InChI=1S/C22H24N4O2/c1-4-16-6-9-18(25-21-12-15(3)23-14-24-21)13-20(16)26-22(27)17-7-10-19(11-8-17)28-5-2/h6-14H,4-5H2,1-3H3,(H,26,27)(H,23,24,25). The molecule has 6 nitrogen and oxygen atoms in total. The highest BCUT2D eigenvalue weighted by atomic mass is 16.5. The highest BCUT2D eigenvalue weighted by molar-refractivity contribution is 6.05. The molecule has 6 heteroatoms. The molecule has 0 spiro atoms. The van der Waals surface area contributed by atoms with Crippen molar-refractivity contribution in [3.05, 3.63) is 71.7 Å². The van der Waals surface area contributed by atoms with Gasteiger partial charge in [0.05, 0.1) is 6.61 Å². The Morgan fingerprint density at radius 1 is 1.04 bits per heavy atom. The summed E-state index contributed by atoms with van der Waals surface area (Å²) in [6.45, 7) is 6.49. The molecule has 0 aliphatic rings. The molecule has 0 bridgehead atoms. The molecule has 1 aromatic heterocycles. The van der Waals surface area contributed by atoms with Crippen LogP contribution in [0.2, 0.25) is 0 Å². The first-order valence-electron chi connectivity index (χ1n) is 9.32. The molecular formula is C22H24N4O2. The molecule has 0 saturated carbocycles. The first-order valence-corrected chi connectivity index (χ1v) is 9.32. The third kappa shape index (κ3) is 4.85. The number of anilines is 3. The lowest BCUT2D eigenvalue weighted by molar-refractivity contribution is 0.102. The normalized spacial score (nSPS) is 10.4. The van der Waals surface area contributed by atoms with Crippen molar-refractivity contribution in [3.8, 4) is 5.75 Å². The number of ether oxygens (including phenoxy) is 1. The maximum atomic E-state index is 12.7. The third-order valence-electron chi connectivity index (χ3n) is 4.24. The fourth-order valence-corrected chi connectivity index (χ4v) is 2.81. The number of hydrogen-bond donors (Lipinski definition) is 2. The number of nitrogens with one attached hydrogen (secondary N) is 2. The van der Waals surface area contributed by atoms with Crippen LogP contribution in [0, 0.1) is 6.92 Å². The van der Waals surface area contributed by atoms with Crippen molar-refractivity contribution in [2.24, 2.45) is 0 Å². The quantitative estimate of drug-likeness (QED) is 0.623. The Morgan fingerprint density at radius 3 is 2.50 bits per heavy atom. The molecule has 28 heavy (non-hydrogen) atoms. The molecule has 0 fully saturated rings. The predicted molar refractivity (Wildman–Crippen MR) is 111 cm³/mol. The van der Waals surface area contributed by atoms with Crippen LogP contribution in [0.25, 0.3) is 0 Å². The van der Waals surface area contributed by atoms with Gasteiger partial charge in [-0.15, -0.1) is 0 Å². The van der Waals surface area contributed by atoms with Crippen LogP contribution in [0.3, 0.4) is 0 Å². The van der Waals surface area contributed by atoms with E-state index in [1.807, 2.05) is 38.1 Å². The Kier molecular flexibility index (Phi) is 6.22. The van der Waals surface area contributed by atoms with E-state index >= 15 is 0 Å². The van der Waals surface area contributed by atoms with E-state index in [1.54, 1.807) is 24.3 Å². The highest BCUT2D eigenvalue weighted by Gasteiger charge is 2.10. The van der Waals surface area contributed by atoms with Crippen LogP contribution in [0.4, 0.5) is 17.2 Å².